The Labute approximate surface area is 177 Å². The fourth-order valence-corrected chi connectivity index (χ4v) is 4.20. The third kappa shape index (κ3) is 4.06. The summed E-state index contributed by atoms with van der Waals surface area (Å²) < 4.78 is 0. The molecule has 0 atom stereocenters. The Balaban J connectivity index is 1.32. The van der Waals surface area contributed by atoms with E-state index in [-0.39, 0.29) is 0 Å². The standard InChI is InChI=1S/C22H28N8/c1-27-9-13-29(14-10-27)21-18-5-2-3-6-19(18)25-20(26-21)17-28-11-15-30(16-12-28)22-23-7-4-8-24-22/h2-8H,9-17H2,1H3. The second-order valence-electron chi connectivity index (χ2n) is 8.08. The van der Waals surface area contributed by atoms with E-state index in [2.05, 4.69) is 60.9 Å². The van der Waals surface area contributed by atoms with Crippen molar-refractivity contribution >= 4 is 22.7 Å². The van der Waals surface area contributed by atoms with Crippen LogP contribution in [0.4, 0.5) is 11.8 Å². The molecule has 0 amide bonds. The second kappa shape index (κ2) is 8.49. The van der Waals surface area contributed by atoms with E-state index in [1.165, 1.54) is 0 Å². The predicted molar refractivity (Wildman–Crippen MR) is 119 cm³/mol. The summed E-state index contributed by atoms with van der Waals surface area (Å²) in [5.74, 6) is 2.81. The summed E-state index contributed by atoms with van der Waals surface area (Å²) in [7, 11) is 2.18. The lowest BCUT2D eigenvalue weighted by Gasteiger charge is -2.35. The van der Waals surface area contributed by atoms with Gasteiger partial charge >= 0.3 is 0 Å². The van der Waals surface area contributed by atoms with Gasteiger partial charge in [0.25, 0.3) is 0 Å². The lowest BCUT2D eigenvalue weighted by Crippen LogP contribution is -2.47. The van der Waals surface area contributed by atoms with Gasteiger partial charge in [0.1, 0.15) is 11.6 Å². The van der Waals surface area contributed by atoms with Gasteiger partial charge in [-0.3, -0.25) is 4.90 Å². The van der Waals surface area contributed by atoms with Crippen molar-refractivity contribution < 1.29 is 0 Å². The lowest BCUT2D eigenvalue weighted by molar-refractivity contribution is 0.243. The number of nitrogens with zero attached hydrogens (tertiary/aromatic N) is 8. The molecule has 2 aliphatic heterocycles. The Morgan fingerprint density at radius 2 is 1.47 bits per heavy atom. The van der Waals surface area contributed by atoms with Crippen LogP contribution in [0.2, 0.25) is 0 Å². The molecule has 0 spiro atoms. The number of benzene rings is 1. The average Bonchev–Trinajstić information content (AvgIpc) is 2.80. The molecule has 8 heteroatoms. The van der Waals surface area contributed by atoms with E-state index in [0.717, 1.165) is 87.4 Å². The number of anilines is 2. The van der Waals surface area contributed by atoms with Gasteiger partial charge in [-0.15, -0.1) is 0 Å². The summed E-state index contributed by atoms with van der Waals surface area (Å²) in [5, 5.41) is 1.15. The highest BCUT2D eigenvalue weighted by molar-refractivity contribution is 5.89. The van der Waals surface area contributed by atoms with Crippen LogP contribution in [-0.2, 0) is 6.54 Å². The number of para-hydroxylation sites is 1. The summed E-state index contributed by atoms with van der Waals surface area (Å²) in [6.07, 6.45) is 3.61. The Kier molecular flexibility index (Phi) is 5.42. The molecule has 0 saturated carbocycles. The highest BCUT2D eigenvalue weighted by Gasteiger charge is 2.22. The van der Waals surface area contributed by atoms with Gasteiger partial charge in [0.05, 0.1) is 12.1 Å². The summed E-state index contributed by atoms with van der Waals surface area (Å²) >= 11 is 0. The zero-order chi connectivity index (χ0) is 20.3. The molecule has 0 radical (unpaired) electrons. The van der Waals surface area contributed by atoms with Crippen molar-refractivity contribution in [2.45, 2.75) is 6.54 Å². The summed E-state index contributed by atoms with van der Waals surface area (Å²) in [6.45, 7) is 8.67. The number of likely N-dealkylation sites (N-methyl/N-ethyl adjacent to an activating group) is 1. The third-order valence-corrected chi connectivity index (χ3v) is 6.00. The molecule has 5 rings (SSSR count). The smallest absolute Gasteiger partial charge is 0.225 e. The zero-order valence-electron chi connectivity index (χ0n) is 17.5. The van der Waals surface area contributed by atoms with Gasteiger partial charge in [-0.25, -0.2) is 19.9 Å². The number of fused-ring (bicyclic) bond motifs is 1. The summed E-state index contributed by atoms with van der Waals surface area (Å²) in [4.78, 5) is 28.1. The first-order valence-electron chi connectivity index (χ1n) is 10.7. The first-order chi connectivity index (χ1) is 14.8. The molecule has 30 heavy (non-hydrogen) atoms. The van der Waals surface area contributed by atoms with E-state index in [4.69, 9.17) is 9.97 Å². The normalized spacial score (nSPS) is 18.8. The second-order valence-corrected chi connectivity index (χ2v) is 8.08. The van der Waals surface area contributed by atoms with Gasteiger partial charge in [0, 0.05) is 70.1 Å². The van der Waals surface area contributed by atoms with Gasteiger partial charge in [0.15, 0.2) is 0 Å². The van der Waals surface area contributed by atoms with Crippen LogP contribution in [0, 0.1) is 0 Å². The van der Waals surface area contributed by atoms with Crippen molar-refractivity contribution in [1.82, 2.24) is 29.7 Å². The maximum Gasteiger partial charge on any atom is 0.225 e. The third-order valence-electron chi connectivity index (χ3n) is 6.00. The van der Waals surface area contributed by atoms with Gasteiger partial charge in [-0.1, -0.05) is 12.1 Å². The topological polar surface area (TPSA) is 64.5 Å². The van der Waals surface area contributed by atoms with E-state index >= 15 is 0 Å². The number of hydrogen-bond donors (Lipinski definition) is 0. The molecule has 2 aliphatic rings. The molecule has 4 heterocycles. The molecule has 156 valence electrons. The molecule has 2 fully saturated rings. The molecule has 2 saturated heterocycles. The van der Waals surface area contributed by atoms with Crippen LogP contribution in [0.5, 0.6) is 0 Å². The number of piperazine rings is 2. The highest BCUT2D eigenvalue weighted by Crippen LogP contribution is 2.25. The maximum atomic E-state index is 5.04. The molecule has 0 bridgehead atoms. The minimum Gasteiger partial charge on any atom is -0.353 e. The van der Waals surface area contributed by atoms with E-state index in [0.29, 0.717) is 0 Å². The molecule has 8 nitrogen and oxygen atoms in total. The van der Waals surface area contributed by atoms with Crippen molar-refractivity contribution in [2.24, 2.45) is 0 Å². The van der Waals surface area contributed by atoms with Crippen molar-refractivity contribution in [3.05, 3.63) is 48.5 Å². The highest BCUT2D eigenvalue weighted by atomic mass is 15.3. The molecule has 0 N–H and O–H groups in total. The molecule has 2 aromatic heterocycles. The SMILES string of the molecule is CN1CCN(c2nc(CN3CCN(c4ncccn4)CC3)nc3ccccc23)CC1. The van der Waals surface area contributed by atoms with Crippen LogP contribution in [0.3, 0.4) is 0 Å². The quantitative estimate of drug-likeness (QED) is 0.648. The molecule has 0 aliphatic carbocycles. The van der Waals surface area contributed by atoms with Gasteiger partial charge < -0.3 is 14.7 Å². The maximum absolute atomic E-state index is 5.04. The monoisotopic (exact) mass is 404 g/mol. The molecular weight excluding hydrogens is 376 g/mol. The Morgan fingerprint density at radius 1 is 0.767 bits per heavy atom. The van der Waals surface area contributed by atoms with E-state index < -0.39 is 0 Å². The Bertz CT molecular complexity index is 979. The van der Waals surface area contributed by atoms with Crippen LogP contribution in [0.25, 0.3) is 10.9 Å². The summed E-state index contributed by atoms with van der Waals surface area (Å²) in [6, 6.07) is 10.2. The van der Waals surface area contributed by atoms with Gasteiger partial charge in [-0.2, -0.15) is 0 Å². The Hall–Kier alpha value is -2.84. The number of aromatic nitrogens is 4. The van der Waals surface area contributed by atoms with Crippen LogP contribution >= 0.6 is 0 Å². The van der Waals surface area contributed by atoms with E-state index in [9.17, 15) is 0 Å². The fraction of sp³-hybridized carbons (Fsp3) is 0.455. The molecule has 0 unspecified atom stereocenters. The summed E-state index contributed by atoms with van der Waals surface area (Å²) in [5.41, 5.74) is 1.03. The van der Waals surface area contributed by atoms with Gasteiger partial charge in [0.2, 0.25) is 5.95 Å². The number of rotatable bonds is 4. The minimum atomic E-state index is 0.773. The van der Waals surface area contributed by atoms with Crippen LogP contribution in [0.1, 0.15) is 5.82 Å². The van der Waals surface area contributed by atoms with Crippen LogP contribution in [-0.4, -0.2) is 89.1 Å². The van der Waals surface area contributed by atoms with E-state index in [1.54, 1.807) is 12.4 Å². The molecular formula is C22H28N8. The van der Waals surface area contributed by atoms with Crippen molar-refractivity contribution in [2.75, 3.05) is 69.2 Å². The van der Waals surface area contributed by atoms with Crippen LogP contribution in [0.15, 0.2) is 42.7 Å². The van der Waals surface area contributed by atoms with Crippen molar-refractivity contribution in [3.63, 3.8) is 0 Å². The number of hydrogen-bond acceptors (Lipinski definition) is 8. The first kappa shape index (κ1) is 19.1. The average molecular weight is 405 g/mol. The van der Waals surface area contributed by atoms with E-state index in [1.807, 2.05) is 6.07 Å². The molecule has 3 aromatic rings. The zero-order valence-corrected chi connectivity index (χ0v) is 17.5. The van der Waals surface area contributed by atoms with Gasteiger partial charge in [-0.05, 0) is 25.2 Å². The minimum absolute atomic E-state index is 0.773. The van der Waals surface area contributed by atoms with Crippen molar-refractivity contribution in [1.29, 1.82) is 0 Å². The fourth-order valence-electron chi connectivity index (χ4n) is 4.20. The lowest BCUT2D eigenvalue weighted by atomic mass is 10.2. The molecule has 1 aromatic carbocycles. The predicted octanol–water partition coefficient (Wildman–Crippen LogP) is 1.49. The van der Waals surface area contributed by atoms with Crippen LogP contribution < -0.4 is 9.80 Å². The Morgan fingerprint density at radius 3 is 2.23 bits per heavy atom. The van der Waals surface area contributed by atoms with Crippen molar-refractivity contribution in [3.8, 4) is 0 Å². The first-order valence-corrected chi connectivity index (χ1v) is 10.7. The largest absolute Gasteiger partial charge is 0.353 e.